The summed E-state index contributed by atoms with van der Waals surface area (Å²) in [6.07, 6.45) is 0. The number of nitrogens with one attached hydrogen (secondary N) is 1. The van der Waals surface area contributed by atoms with Crippen LogP contribution in [-0.2, 0) is 9.59 Å². The number of primary amides is 1. The Hall–Kier alpha value is -2.22. The number of ketones is 1. The zero-order chi connectivity index (χ0) is 14.2. The first-order chi connectivity index (χ1) is 8.90. The SMILES string of the molecule is NC(=O)NC(=O)CN1C(=O)C(=O)c2cc(Br)ccc21. The maximum absolute atomic E-state index is 11.8. The third-order valence-corrected chi connectivity index (χ3v) is 2.99. The summed E-state index contributed by atoms with van der Waals surface area (Å²) in [5.41, 5.74) is 5.34. The topological polar surface area (TPSA) is 110 Å². The predicted octanol–water partition coefficient (Wildman–Crippen LogP) is 0.173. The molecule has 4 amide bonds. The Kier molecular flexibility index (Phi) is 3.34. The number of Topliss-reactive ketones (excluding diaryl/α,β-unsaturated/α-hetero) is 1. The second-order valence-electron chi connectivity index (χ2n) is 3.79. The summed E-state index contributed by atoms with van der Waals surface area (Å²) < 4.78 is 0.649. The van der Waals surface area contributed by atoms with Crippen LogP contribution >= 0.6 is 15.9 Å². The van der Waals surface area contributed by atoms with Gasteiger partial charge in [0, 0.05) is 4.47 Å². The van der Waals surface area contributed by atoms with Gasteiger partial charge in [0.15, 0.2) is 0 Å². The highest BCUT2D eigenvalue weighted by atomic mass is 79.9. The minimum absolute atomic E-state index is 0.214. The zero-order valence-electron chi connectivity index (χ0n) is 9.47. The van der Waals surface area contributed by atoms with Crippen LogP contribution < -0.4 is 16.0 Å². The fourth-order valence-corrected chi connectivity index (χ4v) is 2.11. The molecule has 7 nitrogen and oxygen atoms in total. The van der Waals surface area contributed by atoms with E-state index in [1.165, 1.54) is 6.07 Å². The molecule has 0 saturated heterocycles. The number of rotatable bonds is 2. The number of halogens is 1. The van der Waals surface area contributed by atoms with E-state index in [2.05, 4.69) is 15.9 Å². The predicted molar refractivity (Wildman–Crippen MR) is 68.6 cm³/mol. The van der Waals surface area contributed by atoms with Crippen molar-refractivity contribution in [2.45, 2.75) is 0 Å². The molecular weight excluding hydrogens is 318 g/mol. The molecule has 1 aliphatic rings. The van der Waals surface area contributed by atoms with Crippen LogP contribution in [-0.4, -0.2) is 30.2 Å². The number of hydrogen-bond donors (Lipinski definition) is 2. The van der Waals surface area contributed by atoms with E-state index in [0.717, 1.165) is 4.90 Å². The molecular formula is C11H8BrN3O4. The highest BCUT2D eigenvalue weighted by Crippen LogP contribution is 2.30. The van der Waals surface area contributed by atoms with Gasteiger partial charge in [0.2, 0.25) is 5.91 Å². The van der Waals surface area contributed by atoms with Crippen LogP contribution in [0.1, 0.15) is 10.4 Å². The van der Waals surface area contributed by atoms with Crippen molar-refractivity contribution in [2.24, 2.45) is 5.73 Å². The van der Waals surface area contributed by atoms with Crippen molar-refractivity contribution in [2.75, 3.05) is 11.4 Å². The van der Waals surface area contributed by atoms with E-state index in [0.29, 0.717) is 10.2 Å². The van der Waals surface area contributed by atoms with Crippen LogP contribution in [0.5, 0.6) is 0 Å². The number of imide groups is 1. The molecule has 0 aromatic heterocycles. The van der Waals surface area contributed by atoms with E-state index < -0.39 is 30.2 Å². The molecule has 0 bridgehead atoms. The summed E-state index contributed by atoms with van der Waals surface area (Å²) >= 11 is 3.19. The molecule has 0 saturated carbocycles. The lowest BCUT2D eigenvalue weighted by Crippen LogP contribution is -2.44. The summed E-state index contributed by atoms with van der Waals surface area (Å²) in [5.74, 6) is -2.26. The second kappa shape index (κ2) is 4.81. The van der Waals surface area contributed by atoms with Crippen LogP contribution in [0.25, 0.3) is 0 Å². The summed E-state index contributed by atoms with van der Waals surface area (Å²) in [7, 11) is 0. The van der Waals surface area contributed by atoms with Gasteiger partial charge in [0.05, 0.1) is 11.3 Å². The van der Waals surface area contributed by atoms with Crippen molar-refractivity contribution < 1.29 is 19.2 Å². The molecule has 1 heterocycles. The van der Waals surface area contributed by atoms with Crippen molar-refractivity contribution in [3.05, 3.63) is 28.2 Å². The van der Waals surface area contributed by atoms with E-state index in [1.807, 2.05) is 5.32 Å². The first-order valence-electron chi connectivity index (χ1n) is 5.15. The van der Waals surface area contributed by atoms with Crippen molar-refractivity contribution in [3.63, 3.8) is 0 Å². The maximum atomic E-state index is 11.8. The third kappa shape index (κ3) is 2.48. The summed E-state index contributed by atoms with van der Waals surface area (Å²) in [6.45, 7) is -0.442. The number of hydrogen-bond acceptors (Lipinski definition) is 4. The highest BCUT2D eigenvalue weighted by Gasteiger charge is 2.36. The number of anilines is 1. The molecule has 0 spiro atoms. The maximum Gasteiger partial charge on any atom is 0.318 e. The van der Waals surface area contributed by atoms with Gasteiger partial charge >= 0.3 is 6.03 Å². The first kappa shape index (κ1) is 13.2. The Morgan fingerprint density at radius 3 is 2.63 bits per heavy atom. The monoisotopic (exact) mass is 325 g/mol. The molecule has 0 atom stereocenters. The highest BCUT2D eigenvalue weighted by molar-refractivity contribution is 9.10. The Labute approximate surface area is 115 Å². The second-order valence-corrected chi connectivity index (χ2v) is 4.71. The van der Waals surface area contributed by atoms with Gasteiger partial charge in [-0.15, -0.1) is 0 Å². The smallest absolute Gasteiger partial charge is 0.318 e. The lowest BCUT2D eigenvalue weighted by Gasteiger charge is -2.15. The third-order valence-electron chi connectivity index (χ3n) is 2.50. The number of nitrogens with two attached hydrogens (primary N) is 1. The molecule has 1 aromatic rings. The number of amides is 4. The molecule has 0 aliphatic carbocycles. The van der Waals surface area contributed by atoms with E-state index in [-0.39, 0.29) is 5.56 Å². The Morgan fingerprint density at radius 2 is 2.00 bits per heavy atom. The average Bonchev–Trinajstić information content (AvgIpc) is 2.53. The van der Waals surface area contributed by atoms with Crippen LogP contribution in [0, 0.1) is 0 Å². The van der Waals surface area contributed by atoms with Gasteiger partial charge in [-0.25, -0.2) is 4.79 Å². The molecule has 19 heavy (non-hydrogen) atoms. The summed E-state index contributed by atoms with van der Waals surface area (Å²) in [6, 6.07) is 3.67. The van der Waals surface area contributed by atoms with Crippen LogP contribution in [0.15, 0.2) is 22.7 Å². The van der Waals surface area contributed by atoms with Crippen molar-refractivity contribution >= 4 is 45.2 Å². The van der Waals surface area contributed by atoms with Crippen LogP contribution in [0.2, 0.25) is 0 Å². The van der Waals surface area contributed by atoms with Crippen molar-refractivity contribution in [1.82, 2.24) is 5.32 Å². The summed E-state index contributed by atoms with van der Waals surface area (Å²) in [4.78, 5) is 46.4. The Morgan fingerprint density at radius 1 is 1.32 bits per heavy atom. The zero-order valence-corrected chi connectivity index (χ0v) is 11.1. The number of fused-ring (bicyclic) bond motifs is 1. The molecule has 2 rings (SSSR count). The lowest BCUT2D eigenvalue weighted by atomic mass is 10.1. The number of urea groups is 1. The number of carbonyl (C=O) groups is 4. The molecule has 1 aliphatic heterocycles. The molecule has 98 valence electrons. The van der Waals surface area contributed by atoms with E-state index >= 15 is 0 Å². The quantitative estimate of drug-likeness (QED) is 0.755. The molecule has 0 radical (unpaired) electrons. The van der Waals surface area contributed by atoms with E-state index in [1.54, 1.807) is 12.1 Å². The fraction of sp³-hybridized carbons (Fsp3) is 0.0909. The van der Waals surface area contributed by atoms with E-state index in [9.17, 15) is 19.2 Å². The molecule has 3 N–H and O–H groups in total. The minimum atomic E-state index is -1.01. The van der Waals surface area contributed by atoms with Gasteiger partial charge in [-0.1, -0.05) is 15.9 Å². The van der Waals surface area contributed by atoms with Gasteiger partial charge in [0.1, 0.15) is 6.54 Å². The first-order valence-corrected chi connectivity index (χ1v) is 5.94. The van der Waals surface area contributed by atoms with Crippen molar-refractivity contribution in [3.8, 4) is 0 Å². The largest absolute Gasteiger partial charge is 0.351 e. The van der Waals surface area contributed by atoms with E-state index in [4.69, 9.17) is 5.73 Å². The van der Waals surface area contributed by atoms with Crippen molar-refractivity contribution in [1.29, 1.82) is 0 Å². The average molecular weight is 326 g/mol. The Bertz CT molecular complexity index is 614. The van der Waals surface area contributed by atoms with Gasteiger partial charge in [-0.3, -0.25) is 24.6 Å². The standard InChI is InChI=1S/C11H8BrN3O4/c12-5-1-2-7-6(3-5)9(17)10(18)15(7)4-8(16)14-11(13)19/h1-3H,4H2,(H3,13,14,16,19). The lowest BCUT2D eigenvalue weighted by molar-refractivity contribution is -0.121. The molecule has 1 aromatic carbocycles. The number of benzene rings is 1. The Balaban J connectivity index is 2.29. The summed E-state index contributed by atoms with van der Waals surface area (Å²) in [5, 5.41) is 1.83. The molecule has 0 fully saturated rings. The van der Waals surface area contributed by atoms with Gasteiger partial charge in [-0.05, 0) is 18.2 Å². The number of carbonyl (C=O) groups excluding carboxylic acids is 4. The van der Waals surface area contributed by atoms with Gasteiger partial charge in [-0.2, -0.15) is 0 Å². The number of nitrogens with zero attached hydrogens (tertiary/aromatic N) is 1. The minimum Gasteiger partial charge on any atom is -0.351 e. The van der Waals surface area contributed by atoms with Crippen LogP contribution in [0.4, 0.5) is 10.5 Å². The molecule has 8 heteroatoms. The van der Waals surface area contributed by atoms with Gasteiger partial charge in [0.25, 0.3) is 11.7 Å². The van der Waals surface area contributed by atoms with Gasteiger partial charge < -0.3 is 5.73 Å². The fourth-order valence-electron chi connectivity index (χ4n) is 1.75. The molecule has 0 unspecified atom stereocenters. The normalized spacial score (nSPS) is 13.4. The van der Waals surface area contributed by atoms with Crippen LogP contribution in [0.3, 0.4) is 0 Å².